The summed E-state index contributed by atoms with van der Waals surface area (Å²) in [5.74, 6) is -0.390. The fourth-order valence-electron chi connectivity index (χ4n) is 2.50. The maximum absolute atomic E-state index is 12.1. The van der Waals surface area contributed by atoms with Crippen LogP contribution in [0.1, 0.15) is 16.8 Å². The number of hydrogen-bond acceptors (Lipinski definition) is 3. The Morgan fingerprint density at radius 2 is 1.78 bits per heavy atom. The van der Waals surface area contributed by atoms with Crippen LogP contribution in [0.5, 0.6) is 5.75 Å². The topological polar surface area (TPSA) is 46.6 Å². The molecule has 0 spiro atoms. The minimum atomic E-state index is -0.580. The fourth-order valence-corrected chi connectivity index (χ4v) is 3.09. The van der Waals surface area contributed by atoms with Crippen molar-refractivity contribution in [1.82, 2.24) is 0 Å². The molecule has 6 heteroatoms. The predicted octanol–water partition coefficient (Wildman–Crippen LogP) is 3.99. The van der Waals surface area contributed by atoms with Gasteiger partial charge in [0.2, 0.25) is 0 Å². The van der Waals surface area contributed by atoms with E-state index in [1.807, 2.05) is 30.3 Å². The first-order valence-corrected chi connectivity index (χ1v) is 7.86. The molecular weight excluding hydrogens is 337 g/mol. The summed E-state index contributed by atoms with van der Waals surface area (Å²) in [5, 5.41) is 0.639. The van der Waals surface area contributed by atoms with Crippen molar-refractivity contribution in [3.8, 4) is 5.75 Å². The molecular formula is C17H13Cl2NO3. The maximum Gasteiger partial charge on any atom is 0.299 e. The molecule has 1 aliphatic rings. The number of benzene rings is 2. The van der Waals surface area contributed by atoms with Crippen LogP contribution in [0.3, 0.4) is 0 Å². The number of ketones is 1. The molecule has 1 heterocycles. The molecule has 1 amide bonds. The van der Waals surface area contributed by atoms with Crippen LogP contribution < -0.4 is 9.64 Å². The van der Waals surface area contributed by atoms with Gasteiger partial charge in [0.1, 0.15) is 5.75 Å². The first-order valence-electron chi connectivity index (χ1n) is 7.11. The predicted molar refractivity (Wildman–Crippen MR) is 89.7 cm³/mol. The second kappa shape index (κ2) is 6.60. The average molecular weight is 350 g/mol. The Labute approximate surface area is 143 Å². The number of rotatable bonds is 5. The lowest BCUT2D eigenvalue weighted by Gasteiger charge is -2.17. The van der Waals surface area contributed by atoms with E-state index in [9.17, 15) is 9.59 Å². The van der Waals surface area contributed by atoms with E-state index in [-0.39, 0.29) is 5.56 Å². The summed E-state index contributed by atoms with van der Waals surface area (Å²) >= 11 is 12.0. The Balaban J connectivity index is 1.67. The lowest BCUT2D eigenvalue weighted by atomic mass is 10.1. The zero-order valence-corrected chi connectivity index (χ0v) is 13.6. The second-order valence-electron chi connectivity index (χ2n) is 5.08. The van der Waals surface area contributed by atoms with E-state index in [0.717, 1.165) is 5.75 Å². The number of halogens is 2. The van der Waals surface area contributed by atoms with Crippen LogP contribution in [-0.4, -0.2) is 24.8 Å². The Morgan fingerprint density at radius 1 is 1.04 bits per heavy atom. The van der Waals surface area contributed by atoms with Crippen molar-refractivity contribution in [3.63, 3.8) is 0 Å². The summed E-state index contributed by atoms with van der Waals surface area (Å²) in [7, 11) is 0. The van der Waals surface area contributed by atoms with Crippen LogP contribution in [0, 0.1) is 0 Å². The Hall–Kier alpha value is -2.04. The molecule has 2 aromatic rings. The minimum absolute atomic E-state index is 0.261. The molecule has 0 aromatic heterocycles. The molecule has 0 atom stereocenters. The largest absolute Gasteiger partial charge is 0.494 e. The number of nitrogens with zero attached hydrogens (tertiary/aromatic N) is 1. The first kappa shape index (κ1) is 15.8. The van der Waals surface area contributed by atoms with Crippen LogP contribution >= 0.6 is 23.2 Å². The second-order valence-corrected chi connectivity index (χ2v) is 5.93. The molecule has 0 bridgehead atoms. The molecule has 0 unspecified atom stereocenters. The average Bonchev–Trinajstić information content (AvgIpc) is 2.77. The number of para-hydroxylation sites is 1. The monoisotopic (exact) mass is 349 g/mol. The van der Waals surface area contributed by atoms with Crippen LogP contribution in [0.2, 0.25) is 10.0 Å². The minimum Gasteiger partial charge on any atom is -0.494 e. The molecule has 0 fully saturated rings. The van der Waals surface area contributed by atoms with Gasteiger partial charge in [-0.15, -0.1) is 0 Å². The number of carbonyl (C=O) groups is 2. The molecule has 0 radical (unpaired) electrons. The molecule has 0 saturated carbocycles. The Bertz CT molecular complexity index is 762. The number of hydrogen-bond donors (Lipinski definition) is 0. The van der Waals surface area contributed by atoms with E-state index in [1.165, 1.54) is 17.0 Å². The highest BCUT2D eigenvalue weighted by Gasteiger charge is 2.37. The molecule has 0 aliphatic carbocycles. The molecule has 23 heavy (non-hydrogen) atoms. The lowest BCUT2D eigenvalue weighted by molar-refractivity contribution is -0.114. The van der Waals surface area contributed by atoms with E-state index in [2.05, 4.69) is 0 Å². The van der Waals surface area contributed by atoms with Gasteiger partial charge in [0.15, 0.2) is 0 Å². The maximum atomic E-state index is 12.1. The number of carbonyl (C=O) groups excluding carboxylic acids is 2. The molecule has 118 valence electrons. The molecule has 2 aromatic carbocycles. The normalized spacial score (nSPS) is 13.4. The fraction of sp³-hybridized carbons (Fsp3) is 0.176. The van der Waals surface area contributed by atoms with Gasteiger partial charge in [-0.1, -0.05) is 41.4 Å². The number of anilines is 1. The van der Waals surface area contributed by atoms with Crippen LogP contribution in [0.25, 0.3) is 0 Å². The highest BCUT2D eigenvalue weighted by molar-refractivity contribution is 6.54. The SMILES string of the molecule is O=C1C(=O)N(CCCOc2ccccc2)c2c(Cl)cc(Cl)cc21. The first-order chi connectivity index (χ1) is 11.1. The van der Waals surface area contributed by atoms with Gasteiger partial charge in [-0.2, -0.15) is 0 Å². The number of amides is 1. The molecule has 4 nitrogen and oxygen atoms in total. The van der Waals surface area contributed by atoms with Gasteiger partial charge >= 0.3 is 0 Å². The van der Waals surface area contributed by atoms with Gasteiger partial charge in [-0.05, 0) is 30.7 Å². The molecule has 0 saturated heterocycles. The summed E-state index contributed by atoms with van der Waals surface area (Å²) in [6, 6.07) is 12.4. The Kier molecular flexibility index (Phi) is 4.55. The zero-order valence-electron chi connectivity index (χ0n) is 12.1. The van der Waals surface area contributed by atoms with Crippen LogP contribution in [0.15, 0.2) is 42.5 Å². The van der Waals surface area contributed by atoms with E-state index >= 15 is 0 Å². The van der Waals surface area contributed by atoms with E-state index in [4.69, 9.17) is 27.9 Å². The van der Waals surface area contributed by atoms with Crippen LogP contribution in [0.4, 0.5) is 5.69 Å². The number of ether oxygens (including phenoxy) is 1. The highest BCUT2D eigenvalue weighted by Crippen LogP contribution is 2.38. The summed E-state index contributed by atoms with van der Waals surface area (Å²) in [4.78, 5) is 25.5. The quantitative estimate of drug-likeness (QED) is 0.605. The van der Waals surface area contributed by atoms with E-state index < -0.39 is 11.7 Å². The van der Waals surface area contributed by atoms with Crippen molar-refractivity contribution >= 4 is 40.6 Å². The number of fused-ring (bicyclic) bond motifs is 1. The van der Waals surface area contributed by atoms with Crippen molar-refractivity contribution in [2.45, 2.75) is 6.42 Å². The van der Waals surface area contributed by atoms with Crippen molar-refractivity contribution in [3.05, 3.63) is 58.1 Å². The molecule has 3 rings (SSSR count). The van der Waals surface area contributed by atoms with Crippen molar-refractivity contribution < 1.29 is 14.3 Å². The van der Waals surface area contributed by atoms with E-state index in [0.29, 0.717) is 35.3 Å². The summed E-state index contributed by atoms with van der Waals surface area (Å²) in [5.41, 5.74) is 0.697. The Morgan fingerprint density at radius 3 is 2.52 bits per heavy atom. The highest BCUT2D eigenvalue weighted by atomic mass is 35.5. The smallest absolute Gasteiger partial charge is 0.299 e. The summed E-state index contributed by atoms with van der Waals surface area (Å²) in [6.45, 7) is 0.786. The molecule has 1 aliphatic heterocycles. The molecule has 0 N–H and O–H groups in total. The zero-order chi connectivity index (χ0) is 16.4. The van der Waals surface area contributed by atoms with Gasteiger partial charge in [0, 0.05) is 11.6 Å². The summed E-state index contributed by atoms with van der Waals surface area (Å²) < 4.78 is 5.59. The van der Waals surface area contributed by atoms with Gasteiger partial charge in [-0.25, -0.2) is 0 Å². The standard InChI is InChI=1S/C17H13Cl2NO3/c18-11-9-13-15(14(19)10-11)20(17(22)16(13)21)7-4-8-23-12-5-2-1-3-6-12/h1-3,5-6,9-10H,4,7-8H2. The third-order valence-corrected chi connectivity index (χ3v) is 4.03. The van der Waals surface area contributed by atoms with Crippen molar-refractivity contribution in [2.75, 3.05) is 18.1 Å². The lowest BCUT2D eigenvalue weighted by Crippen LogP contribution is -2.31. The van der Waals surface area contributed by atoms with Gasteiger partial charge in [0.25, 0.3) is 11.7 Å². The van der Waals surface area contributed by atoms with Gasteiger partial charge in [0.05, 0.1) is 22.9 Å². The number of Topliss-reactive ketones (excluding diaryl/α,β-unsaturated/α-hetero) is 1. The van der Waals surface area contributed by atoms with Gasteiger partial charge in [-0.3, -0.25) is 9.59 Å². The summed E-state index contributed by atoms with van der Waals surface area (Å²) in [6.07, 6.45) is 0.576. The third-order valence-electron chi connectivity index (χ3n) is 3.52. The van der Waals surface area contributed by atoms with Gasteiger partial charge < -0.3 is 9.64 Å². The third kappa shape index (κ3) is 3.19. The van der Waals surface area contributed by atoms with E-state index in [1.54, 1.807) is 0 Å². The van der Waals surface area contributed by atoms with Crippen molar-refractivity contribution in [1.29, 1.82) is 0 Å². The van der Waals surface area contributed by atoms with Crippen LogP contribution in [-0.2, 0) is 4.79 Å². The van der Waals surface area contributed by atoms with Crippen molar-refractivity contribution in [2.24, 2.45) is 0 Å².